The van der Waals surface area contributed by atoms with Crippen molar-refractivity contribution < 1.29 is 4.74 Å². The summed E-state index contributed by atoms with van der Waals surface area (Å²) in [5.41, 5.74) is 6.46. The van der Waals surface area contributed by atoms with Gasteiger partial charge in [0.2, 0.25) is 0 Å². The molecule has 0 aromatic heterocycles. The Labute approximate surface area is 127 Å². The van der Waals surface area contributed by atoms with E-state index in [1.807, 2.05) is 24.3 Å². The van der Waals surface area contributed by atoms with Crippen LogP contribution in [-0.2, 0) is 0 Å². The molecule has 1 aromatic carbocycles. The van der Waals surface area contributed by atoms with Crippen LogP contribution in [0.3, 0.4) is 0 Å². The molecule has 4 heteroatoms. The summed E-state index contributed by atoms with van der Waals surface area (Å²) in [6, 6.07) is 7.68. The molecule has 110 valence electrons. The minimum Gasteiger partial charge on any atom is -0.492 e. The zero-order chi connectivity index (χ0) is 14.4. The van der Waals surface area contributed by atoms with Gasteiger partial charge in [0.1, 0.15) is 17.3 Å². The summed E-state index contributed by atoms with van der Waals surface area (Å²) in [4.78, 5) is 2.94. The van der Waals surface area contributed by atoms with Crippen LogP contribution in [0.1, 0.15) is 31.7 Å². The van der Waals surface area contributed by atoms with E-state index >= 15 is 0 Å². The minimum absolute atomic E-state index is 0.426. The summed E-state index contributed by atoms with van der Waals surface area (Å²) < 4.78 is 5.79. The van der Waals surface area contributed by atoms with E-state index in [1.54, 1.807) is 0 Å². The topological polar surface area (TPSA) is 38.5 Å². The number of nitrogens with two attached hydrogens (primary N) is 1. The van der Waals surface area contributed by atoms with Crippen molar-refractivity contribution in [2.75, 3.05) is 26.2 Å². The average molecular weight is 292 g/mol. The molecule has 20 heavy (non-hydrogen) atoms. The molecule has 1 aliphatic carbocycles. The molecule has 1 aliphatic rings. The Kier molecular flexibility index (Phi) is 5.80. The van der Waals surface area contributed by atoms with E-state index < -0.39 is 0 Å². The summed E-state index contributed by atoms with van der Waals surface area (Å²) in [6.45, 7) is 6.37. The highest BCUT2D eigenvalue weighted by molar-refractivity contribution is 7.80. The van der Waals surface area contributed by atoms with Gasteiger partial charge in [0.25, 0.3) is 0 Å². The Balaban J connectivity index is 1.74. The van der Waals surface area contributed by atoms with E-state index in [4.69, 9.17) is 22.7 Å². The predicted molar refractivity (Wildman–Crippen MR) is 87.3 cm³/mol. The van der Waals surface area contributed by atoms with Gasteiger partial charge in [-0.2, -0.15) is 0 Å². The van der Waals surface area contributed by atoms with Crippen molar-refractivity contribution in [1.82, 2.24) is 4.90 Å². The number of thiocarbonyl (C=S) groups is 1. The Hall–Kier alpha value is -1.13. The summed E-state index contributed by atoms with van der Waals surface area (Å²) in [5.74, 6) is 1.82. The maximum absolute atomic E-state index is 5.79. The molecule has 0 heterocycles. The van der Waals surface area contributed by atoms with Gasteiger partial charge in [0, 0.05) is 18.7 Å². The second-order valence-corrected chi connectivity index (χ2v) is 5.92. The molecular weight excluding hydrogens is 268 g/mol. The van der Waals surface area contributed by atoms with Gasteiger partial charge < -0.3 is 10.5 Å². The van der Waals surface area contributed by atoms with Gasteiger partial charge in [-0.15, -0.1) is 0 Å². The first kappa shape index (κ1) is 15.3. The highest BCUT2D eigenvalue weighted by atomic mass is 32.1. The highest BCUT2D eigenvalue weighted by Crippen LogP contribution is 2.29. The summed E-state index contributed by atoms with van der Waals surface area (Å²) >= 11 is 4.93. The van der Waals surface area contributed by atoms with Gasteiger partial charge >= 0.3 is 0 Å². The molecule has 1 fully saturated rings. The predicted octanol–water partition coefficient (Wildman–Crippen LogP) is 2.82. The first-order valence-electron chi connectivity index (χ1n) is 7.44. The molecule has 2 rings (SSSR count). The molecule has 0 saturated heterocycles. The van der Waals surface area contributed by atoms with Crippen molar-refractivity contribution in [2.24, 2.45) is 11.7 Å². The molecular formula is C16H24N2OS. The summed E-state index contributed by atoms with van der Waals surface area (Å²) in [6.07, 6.45) is 4.01. The number of rotatable bonds is 9. The number of hydrogen-bond donors (Lipinski definition) is 1. The average Bonchev–Trinajstić information content (AvgIpc) is 3.23. The quantitative estimate of drug-likeness (QED) is 0.710. The third kappa shape index (κ3) is 5.10. The SMILES string of the molecule is CCCN(CCOc1ccc(C(N)=S)cc1)CC1CC1. The monoisotopic (exact) mass is 292 g/mol. The van der Waals surface area contributed by atoms with Crippen LogP contribution in [-0.4, -0.2) is 36.1 Å². The molecule has 0 bridgehead atoms. The van der Waals surface area contributed by atoms with Crippen LogP contribution in [0.25, 0.3) is 0 Å². The lowest BCUT2D eigenvalue weighted by molar-refractivity contribution is 0.203. The lowest BCUT2D eigenvalue weighted by atomic mass is 10.2. The lowest BCUT2D eigenvalue weighted by Gasteiger charge is -2.21. The summed E-state index contributed by atoms with van der Waals surface area (Å²) in [7, 11) is 0. The Bertz CT molecular complexity index is 429. The van der Waals surface area contributed by atoms with Crippen LogP contribution >= 0.6 is 12.2 Å². The molecule has 1 saturated carbocycles. The smallest absolute Gasteiger partial charge is 0.119 e. The Morgan fingerprint density at radius 2 is 2.00 bits per heavy atom. The standard InChI is InChI=1S/C16H24N2OS/c1-2-9-18(12-13-3-4-13)10-11-19-15-7-5-14(6-8-15)16(17)20/h5-8,13H,2-4,9-12H2,1H3,(H2,17,20). The van der Waals surface area contributed by atoms with E-state index in [0.29, 0.717) is 4.99 Å². The van der Waals surface area contributed by atoms with E-state index in [-0.39, 0.29) is 0 Å². The second-order valence-electron chi connectivity index (χ2n) is 5.48. The molecule has 2 N–H and O–H groups in total. The van der Waals surface area contributed by atoms with Gasteiger partial charge in [-0.05, 0) is 56.0 Å². The molecule has 0 spiro atoms. The van der Waals surface area contributed by atoms with Gasteiger partial charge in [-0.25, -0.2) is 0 Å². The van der Waals surface area contributed by atoms with Gasteiger partial charge in [0.05, 0.1) is 0 Å². The largest absolute Gasteiger partial charge is 0.492 e. The van der Waals surface area contributed by atoms with Crippen LogP contribution in [0.2, 0.25) is 0 Å². The molecule has 0 unspecified atom stereocenters. The molecule has 3 nitrogen and oxygen atoms in total. The number of nitrogens with zero attached hydrogens (tertiary/aromatic N) is 1. The van der Waals surface area contributed by atoms with Crippen molar-refractivity contribution >= 4 is 17.2 Å². The molecule has 0 atom stereocenters. The fourth-order valence-corrected chi connectivity index (χ4v) is 2.42. The van der Waals surface area contributed by atoms with Gasteiger partial charge in [-0.3, -0.25) is 4.90 Å². The van der Waals surface area contributed by atoms with Gasteiger partial charge in [0.15, 0.2) is 0 Å². The van der Waals surface area contributed by atoms with Gasteiger partial charge in [-0.1, -0.05) is 19.1 Å². The number of ether oxygens (including phenoxy) is 1. The van der Waals surface area contributed by atoms with Crippen LogP contribution in [0, 0.1) is 5.92 Å². The summed E-state index contributed by atoms with van der Waals surface area (Å²) in [5, 5.41) is 0. The van der Waals surface area contributed by atoms with Crippen molar-refractivity contribution in [3.63, 3.8) is 0 Å². The molecule has 0 amide bonds. The third-order valence-corrected chi connectivity index (χ3v) is 3.80. The Morgan fingerprint density at radius 3 is 2.55 bits per heavy atom. The first-order valence-corrected chi connectivity index (χ1v) is 7.85. The van der Waals surface area contributed by atoms with Crippen molar-refractivity contribution in [2.45, 2.75) is 26.2 Å². The second kappa shape index (κ2) is 7.60. The van der Waals surface area contributed by atoms with E-state index in [2.05, 4.69) is 11.8 Å². The maximum Gasteiger partial charge on any atom is 0.119 e. The van der Waals surface area contributed by atoms with Crippen LogP contribution in [0.15, 0.2) is 24.3 Å². The fourth-order valence-electron chi connectivity index (χ4n) is 2.28. The molecule has 0 aliphatic heterocycles. The normalized spacial score (nSPS) is 14.5. The van der Waals surface area contributed by atoms with Crippen molar-refractivity contribution in [3.05, 3.63) is 29.8 Å². The highest BCUT2D eigenvalue weighted by Gasteiger charge is 2.23. The van der Waals surface area contributed by atoms with Crippen molar-refractivity contribution in [3.8, 4) is 5.75 Å². The zero-order valence-electron chi connectivity index (χ0n) is 12.2. The lowest BCUT2D eigenvalue weighted by Crippen LogP contribution is -2.31. The van der Waals surface area contributed by atoms with E-state index in [9.17, 15) is 0 Å². The first-order chi connectivity index (χ1) is 9.69. The zero-order valence-corrected chi connectivity index (χ0v) is 13.0. The van der Waals surface area contributed by atoms with E-state index in [0.717, 1.165) is 30.4 Å². The van der Waals surface area contributed by atoms with E-state index in [1.165, 1.54) is 32.4 Å². The molecule has 0 radical (unpaired) electrons. The maximum atomic E-state index is 5.79. The number of benzene rings is 1. The third-order valence-electron chi connectivity index (χ3n) is 3.57. The van der Waals surface area contributed by atoms with Crippen LogP contribution < -0.4 is 10.5 Å². The minimum atomic E-state index is 0.426. The van der Waals surface area contributed by atoms with Crippen LogP contribution in [0.5, 0.6) is 5.75 Å². The van der Waals surface area contributed by atoms with Crippen molar-refractivity contribution in [1.29, 1.82) is 0 Å². The fraction of sp³-hybridized carbons (Fsp3) is 0.562. The Morgan fingerprint density at radius 1 is 1.30 bits per heavy atom. The number of hydrogen-bond acceptors (Lipinski definition) is 3. The molecule has 1 aromatic rings. The van der Waals surface area contributed by atoms with Crippen LogP contribution in [0.4, 0.5) is 0 Å².